The van der Waals surface area contributed by atoms with Crippen molar-refractivity contribution in [2.24, 2.45) is 11.7 Å². The molecule has 2 saturated heterocycles. The van der Waals surface area contributed by atoms with Crippen LogP contribution in [0.15, 0.2) is 42.9 Å². The Morgan fingerprint density at radius 2 is 2.03 bits per heavy atom. The molecule has 2 N–H and O–H groups in total. The summed E-state index contributed by atoms with van der Waals surface area (Å²) >= 11 is 0. The van der Waals surface area contributed by atoms with E-state index in [0.29, 0.717) is 40.5 Å². The molecular weight excluding hydrogens is 493 g/mol. The maximum absolute atomic E-state index is 15.1. The molecule has 3 aromatic rings. The second kappa shape index (κ2) is 10.6. The lowest BCUT2D eigenvalue weighted by Gasteiger charge is -2.44. The van der Waals surface area contributed by atoms with Crippen LogP contribution >= 0.6 is 0 Å². The zero-order valence-electron chi connectivity index (χ0n) is 22.5. The molecule has 7 nitrogen and oxygen atoms in total. The van der Waals surface area contributed by atoms with Gasteiger partial charge in [-0.2, -0.15) is 0 Å². The molecule has 39 heavy (non-hydrogen) atoms. The standard InChI is InChI=1S/C31H36FN5O2/c1-19-10-20(12-22(33)11-19)25-7-8-34-15-21(25)13-29(38)26-5-6-28(32)27-14-24(16-35-31(26)27)36-17-23-4-2-3-9-37(23)30(39)18-36/h5-8,14-16,19-20,22-23H,2-4,9-13,17-18,33H2,1H3/t19-,20+,22-,23+/m0/s1. The lowest BCUT2D eigenvalue weighted by molar-refractivity contribution is -0.135. The van der Waals surface area contributed by atoms with Crippen molar-refractivity contribution >= 4 is 28.3 Å². The van der Waals surface area contributed by atoms with Crippen LogP contribution in [0.2, 0.25) is 0 Å². The summed E-state index contributed by atoms with van der Waals surface area (Å²) in [6.45, 7) is 4.02. The molecule has 0 bridgehead atoms. The minimum atomic E-state index is -0.425. The van der Waals surface area contributed by atoms with E-state index in [1.165, 1.54) is 12.1 Å². The molecule has 4 atom stereocenters. The van der Waals surface area contributed by atoms with Crippen molar-refractivity contribution in [2.75, 3.05) is 24.5 Å². The average molecular weight is 530 g/mol. The molecule has 6 rings (SSSR count). The van der Waals surface area contributed by atoms with E-state index in [2.05, 4.69) is 16.9 Å². The van der Waals surface area contributed by atoms with Crippen LogP contribution < -0.4 is 10.6 Å². The van der Waals surface area contributed by atoms with Gasteiger partial charge in [0, 0.05) is 54.9 Å². The van der Waals surface area contributed by atoms with Crippen LogP contribution in [0.4, 0.5) is 10.1 Å². The molecule has 0 radical (unpaired) electrons. The number of amides is 1. The number of anilines is 1. The Balaban J connectivity index is 1.27. The van der Waals surface area contributed by atoms with E-state index in [-0.39, 0.29) is 36.7 Å². The van der Waals surface area contributed by atoms with Crippen molar-refractivity contribution in [3.05, 3.63) is 65.4 Å². The van der Waals surface area contributed by atoms with Gasteiger partial charge in [0.1, 0.15) is 5.82 Å². The topological polar surface area (TPSA) is 92.4 Å². The Morgan fingerprint density at radius 3 is 2.87 bits per heavy atom. The largest absolute Gasteiger partial charge is 0.359 e. The van der Waals surface area contributed by atoms with E-state index in [0.717, 1.165) is 56.2 Å². The number of ketones is 1. The number of nitrogens with zero attached hydrogens (tertiary/aromatic N) is 4. The highest BCUT2D eigenvalue weighted by molar-refractivity contribution is 6.08. The minimum absolute atomic E-state index is 0.107. The molecule has 3 aliphatic rings. The summed E-state index contributed by atoms with van der Waals surface area (Å²) in [5, 5.41) is 0.301. The average Bonchev–Trinajstić information content (AvgIpc) is 2.93. The Labute approximate surface area is 228 Å². The van der Waals surface area contributed by atoms with E-state index in [9.17, 15) is 9.59 Å². The summed E-state index contributed by atoms with van der Waals surface area (Å²) in [7, 11) is 0. The molecular formula is C31H36FN5O2. The number of benzene rings is 1. The van der Waals surface area contributed by atoms with Crippen molar-refractivity contribution in [1.82, 2.24) is 14.9 Å². The molecule has 8 heteroatoms. The number of hydrogen-bond acceptors (Lipinski definition) is 6. The number of hydrogen-bond donors (Lipinski definition) is 1. The number of carbonyl (C=O) groups is 2. The molecule has 0 spiro atoms. The number of nitrogens with two attached hydrogens (primary N) is 1. The summed E-state index contributed by atoms with van der Waals surface area (Å²) in [5.41, 5.74) is 9.81. The van der Waals surface area contributed by atoms with Gasteiger partial charge in [0.15, 0.2) is 5.78 Å². The number of carbonyl (C=O) groups excluding carboxylic acids is 2. The summed E-state index contributed by atoms with van der Waals surface area (Å²) in [6, 6.07) is 6.97. The van der Waals surface area contributed by atoms with Crippen LogP contribution in [-0.2, 0) is 11.2 Å². The highest BCUT2D eigenvalue weighted by Crippen LogP contribution is 2.37. The number of fused-ring (bicyclic) bond motifs is 2. The van der Waals surface area contributed by atoms with Crippen LogP contribution in [0.5, 0.6) is 0 Å². The molecule has 0 unspecified atom stereocenters. The summed E-state index contributed by atoms with van der Waals surface area (Å²) in [6.07, 6.45) is 11.5. The highest BCUT2D eigenvalue weighted by Gasteiger charge is 2.34. The molecule has 1 amide bonds. The summed E-state index contributed by atoms with van der Waals surface area (Å²) < 4.78 is 15.1. The first-order valence-corrected chi connectivity index (χ1v) is 14.2. The number of pyridine rings is 2. The first-order chi connectivity index (χ1) is 18.9. The normalized spacial score (nSPS) is 25.6. The maximum atomic E-state index is 15.1. The number of halogens is 1. The van der Waals surface area contributed by atoms with Gasteiger partial charge in [0.2, 0.25) is 5.91 Å². The van der Waals surface area contributed by atoms with Gasteiger partial charge in [0.05, 0.1) is 23.9 Å². The molecule has 3 fully saturated rings. The van der Waals surface area contributed by atoms with Crippen molar-refractivity contribution in [1.29, 1.82) is 0 Å². The second-order valence-electron chi connectivity index (χ2n) is 11.7. The van der Waals surface area contributed by atoms with Gasteiger partial charge >= 0.3 is 0 Å². The van der Waals surface area contributed by atoms with Crippen LogP contribution in [0, 0.1) is 11.7 Å². The first kappa shape index (κ1) is 25.9. The minimum Gasteiger partial charge on any atom is -0.359 e. The Bertz CT molecular complexity index is 1400. The van der Waals surface area contributed by atoms with Gasteiger partial charge < -0.3 is 15.5 Å². The van der Waals surface area contributed by atoms with Gasteiger partial charge in [-0.15, -0.1) is 0 Å². The predicted octanol–water partition coefficient (Wildman–Crippen LogP) is 4.63. The molecule has 2 aliphatic heterocycles. The van der Waals surface area contributed by atoms with Crippen LogP contribution in [-0.4, -0.2) is 58.3 Å². The number of piperidine rings is 1. The van der Waals surface area contributed by atoms with Crippen LogP contribution in [0.25, 0.3) is 10.9 Å². The molecule has 1 aliphatic carbocycles. The predicted molar refractivity (Wildman–Crippen MR) is 149 cm³/mol. The quantitative estimate of drug-likeness (QED) is 0.485. The van der Waals surface area contributed by atoms with Crippen molar-refractivity contribution in [2.45, 2.75) is 69.9 Å². The molecule has 204 valence electrons. The number of aromatic nitrogens is 2. The van der Waals surface area contributed by atoms with E-state index in [4.69, 9.17) is 5.73 Å². The van der Waals surface area contributed by atoms with Crippen LogP contribution in [0.1, 0.15) is 72.9 Å². The number of Topliss-reactive ketones (excluding diaryl/α,β-unsaturated/α-hetero) is 1. The molecule has 4 heterocycles. The Kier molecular flexibility index (Phi) is 7.06. The van der Waals surface area contributed by atoms with Crippen LogP contribution in [0.3, 0.4) is 0 Å². The zero-order valence-corrected chi connectivity index (χ0v) is 22.5. The molecule has 1 aromatic carbocycles. The third-order valence-corrected chi connectivity index (χ3v) is 8.86. The summed E-state index contributed by atoms with van der Waals surface area (Å²) in [5.74, 6) is 0.397. The highest BCUT2D eigenvalue weighted by atomic mass is 19.1. The summed E-state index contributed by atoms with van der Waals surface area (Å²) in [4.78, 5) is 39.2. The number of piperazine rings is 1. The van der Waals surface area contributed by atoms with Crippen molar-refractivity contribution < 1.29 is 14.0 Å². The molecule has 1 saturated carbocycles. The van der Waals surface area contributed by atoms with Crippen molar-refractivity contribution in [3.63, 3.8) is 0 Å². The fourth-order valence-corrected chi connectivity index (χ4v) is 7.02. The van der Waals surface area contributed by atoms with E-state index in [1.54, 1.807) is 24.7 Å². The lowest BCUT2D eigenvalue weighted by atomic mass is 9.75. The van der Waals surface area contributed by atoms with Gasteiger partial charge in [0.25, 0.3) is 0 Å². The van der Waals surface area contributed by atoms with E-state index < -0.39 is 5.82 Å². The Hall–Kier alpha value is -3.39. The van der Waals surface area contributed by atoms with Gasteiger partial charge in [-0.05, 0) is 85.8 Å². The third kappa shape index (κ3) is 5.14. The fraction of sp³-hybridized carbons (Fsp3) is 0.484. The number of rotatable bonds is 5. The SMILES string of the molecule is C[C@@H]1C[C@H](N)C[C@H](c2ccncc2CC(=O)c2ccc(F)c3cc(N4CC(=O)N5CCCC[C@@H]5C4)cnc23)C1. The van der Waals surface area contributed by atoms with E-state index >= 15 is 4.39 Å². The van der Waals surface area contributed by atoms with Gasteiger partial charge in [-0.3, -0.25) is 19.6 Å². The molecule has 2 aromatic heterocycles. The van der Waals surface area contributed by atoms with Crippen molar-refractivity contribution in [3.8, 4) is 0 Å². The fourth-order valence-electron chi connectivity index (χ4n) is 7.02. The zero-order chi connectivity index (χ0) is 27.1. The first-order valence-electron chi connectivity index (χ1n) is 14.2. The Morgan fingerprint density at radius 1 is 1.15 bits per heavy atom. The smallest absolute Gasteiger partial charge is 0.242 e. The second-order valence-corrected chi connectivity index (χ2v) is 11.7. The van der Waals surface area contributed by atoms with Gasteiger partial charge in [-0.1, -0.05) is 6.92 Å². The van der Waals surface area contributed by atoms with E-state index in [1.807, 2.05) is 15.9 Å². The maximum Gasteiger partial charge on any atom is 0.242 e. The monoisotopic (exact) mass is 529 g/mol. The lowest BCUT2D eigenvalue weighted by Crippen LogP contribution is -2.58. The third-order valence-electron chi connectivity index (χ3n) is 8.86. The van der Waals surface area contributed by atoms with Gasteiger partial charge in [-0.25, -0.2) is 4.39 Å².